The monoisotopic (exact) mass is 277 g/mol. The van der Waals surface area contributed by atoms with E-state index < -0.39 is 0 Å². The predicted molar refractivity (Wildman–Crippen MR) is 77.4 cm³/mol. The molecule has 0 saturated heterocycles. The Morgan fingerprint density at radius 1 is 1.30 bits per heavy atom. The van der Waals surface area contributed by atoms with Gasteiger partial charge in [0.1, 0.15) is 5.82 Å². The van der Waals surface area contributed by atoms with Gasteiger partial charge < -0.3 is 14.6 Å². The van der Waals surface area contributed by atoms with Crippen molar-refractivity contribution in [1.29, 1.82) is 0 Å². The topological polar surface area (TPSA) is 39.1 Å². The fourth-order valence-corrected chi connectivity index (χ4v) is 2.15. The van der Waals surface area contributed by atoms with Crippen LogP contribution < -0.4 is 5.32 Å². The predicted octanol–water partition coefficient (Wildman–Crippen LogP) is 3.08. The van der Waals surface area contributed by atoms with E-state index in [0.717, 1.165) is 11.5 Å². The van der Waals surface area contributed by atoms with Crippen molar-refractivity contribution < 1.29 is 9.13 Å². The van der Waals surface area contributed by atoms with Crippen molar-refractivity contribution in [2.24, 2.45) is 0 Å². The lowest BCUT2D eigenvalue weighted by atomic mass is 10.1. The second kappa shape index (κ2) is 6.52. The number of methoxy groups -OCH3 is 1. The standard InChI is InChI=1S/C15H20FN3O/c1-11(10-20-3)18-15-17-8-9-19(15)12(2)13-4-6-14(16)7-5-13/h4-9,11-12H,10H2,1-3H3,(H,17,18). The normalized spacial score (nSPS) is 14.0. The number of ether oxygens (including phenoxy) is 1. The summed E-state index contributed by atoms with van der Waals surface area (Å²) >= 11 is 0. The van der Waals surface area contributed by atoms with Gasteiger partial charge in [0, 0.05) is 25.5 Å². The van der Waals surface area contributed by atoms with Crippen LogP contribution >= 0.6 is 0 Å². The lowest BCUT2D eigenvalue weighted by molar-refractivity contribution is 0.190. The zero-order valence-corrected chi connectivity index (χ0v) is 12.0. The summed E-state index contributed by atoms with van der Waals surface area (Å²) in [6.07, 6.45) is 3.66. The van der Waals surface area contributed by atoms with E-state index in [-0.39, 0.29) is 17.9 Å². The maximum Gasteiger partial charge on any atom is 0.203 e. The first kappa shape index (κ1) is 14.5. The molecule has 0 amide bonds. The van der Waals surface area contributed by atoms with Crippen molar-refractivity contribution in [2.45, 2.75) is 25.9 Å². The molecule has 0 radical (unpaired) electrons. The molecule has 1 N–H and O–H groups in total. The van der Waals surface area contributed by atoms with E-state index >= 15 is 0 Å². The fraction of sp³-hybridized carbons (Fsp3) is 0.400. The Balaban J connectivity index is 2.16. The molecule has 2 unspecified atom stereocenters. The minimum Gasteiger partial charge on any atom is -0.383 e. The van der Waals surface area contributed by atoms with E-state index in [9.17, 15) is 4.39 Å². The Morgan fingerprint density at radius 2 is 2.00 bits per heavy atom. The number of hydrogen-bond acceptors (Lipinski definition) is 3. The molecule has 0 fully saturated rings. The highest BCUT2D eigenvalue weighted by Crippen LogP contribution is 2.22. The highest BCUT2D eigenvalue weighted by Gasteiger charge is 2.13. The summed E-state index contributed by atoms with van der Waals surface area (Å²) in [5.74, 6) is 0.560. The van der Waals surface area contributed by atoms with Gasteiger partial charge in [-0.05, 0) is 31.5 Å². The first-order chi connectivity index (χ1) is 9.61. The Kier molecular flexibility index (Phi) is 4.74. The molecule has 20 heavy (non-hydrogen) atoms. The van der Waals surface area contributed by atoms with Crippen molar-refractivity contribution >= 4 is 5.95 Å². The summed E-state index contributed by atoms with van der Waals surface area (Å²) in [6, 6.07) is 6.79. The average Bonchev–Trinajstić information content (AvgIpc) is 2.87. The number of benzene rings is 1. The number of anilines is 1. The summed E-state index contributed by atoms with van der Waals surface area (Å²) < 4.78 is 20.1. The smallest absolute Gasteiger partial charge is 0.203 e. The fourth-order valence-electron chi connectivity index (χ4n) is 2.15. The number of aromatic nitrogens is 2. The largest absolute Gasteiger partial charge is 0.383 e. The van der Waals surface area contributed by atoms with Gasteiger partial charge in [0.25, 0.3) is 0 Å². The highest BCUT2D eigenvalue weighted by atomic mass is 19.1. The molecule has 1 aromatic heterocycles. The molecular formula is C15H20FN3O. The van der Waals surface area contributed by atoms with Gasteiger partial charge in [-0.15, -0.1) is 0 Å². The zero-order valence-electron chi connectivity index (χ0n) is 12.0. The molecule has 4 nitrogen and oxygen atoms in total. The van der Waals surface area contributed by atoms with Crippen molar-refractivity contribution in [3.8, 4) is 0 Å². The van der Waals surface area contributed by atoms with Crippen LogP contribution in [-0.2, 0) is 4.74 Å². The molecule has 2 rings (SSSR count). The molecule has 5 heteroatoms. The van der Waals surface area contributed by atoms with E-state index in [1.807, 2.05) is 17.7 Å². The van der Waals surface area contributed by atoms with Gasteiger partial charge in [-0.25, -0.2) is 9.37 Å². The van der Waals surface area contributed by atoms with Crippen LogP contribution in [0.25, 0.3) is 0 Å². The Labute approximate surface area is 118 Å². The minimum absolute atomic E-state index is 0.0790. The number of nitrogens with zero attached hydrogens (tertiary/aromatic N) is 2. The Bertz CT molecular complexity index is 538. The van der Waals surface area contributed by atoms with E-state index in [2.05, 4.69) is 17.2 Å². The van der Waals surface area contributed by atoms with Crippen LogP contribution in [-0.4, -0.2) is 29.3 Å². The molecule has 108 valence electrons. The highest BCUT2D eigenvalue weighted by molar-refractivity contribution is 5.31. The molecule has 1 aromatic carbocycles. The van der Waals surface area contributed by atoms with Crippen LogP contribution in [0.4, 0.5) is 10.3 Å². The Morgan fingerprint density at radius 3 is 2.65 bits per heavy atom. The van der Waals surface area contributed by atoms with Gasteiger partial charge in [-0.1, -0.05) is 12.1 Å². The van der Waals surface area contributed by atoms with Crippen LogP contribution in [0.5, 0.6) is 0 Å². The van der Waals surface area contributed by atoms with Gasteiger partial charge in [0.2, 0.25) is 5.95 Å². The van der Waals surface area contributed by atoms with Gasteiger partial charge >= 0.3 is 0 Å². The van der Waals surface area contributed by atoms with Crippen LogP contribution in [0.2, 0.25) is 0 Å². The lowest BCUT2D eigenvalue weighted by Crippen LogP contribution is -2.24. The molecule has 2 atom stereocenters. The van der Waals surface area contributed by atoms with Crippen LogP contribution in [0.3, 0.4) is 0 Å². The van der Waals surface area contributed by atoms with Crippen molar-refractivity contribution in [3.63, 3.8) is 0 Å². The first-order valence-electron chi connectivity index (χ1n) is 6.65. The number of hydrogen-bond donors (Lipinski definition) is 1. The molecule has 0 bridgehead atoms. The van der Waals surface area contributed by atoms with Crippen molar-refractivity contribution in [1.82, 2.24) is 9.55 Å². The third kappa shape index (κ3) is 3.36. The van der Waals surface area contributed by atoms with Crippen molar-refractivity contribution in [2.75, 3.05) is 19.0 Å². The molecule has 0 spiro atoms. The van der Waals surface area contributed by atoms with Gasteiger partial charge in [-0.2, -0.15) is 0 Å². The SMILES string of the molecule is COCC(C)Nc1nccn1C(C)c1ccc(F)cc1. The summed E-state index contributed by atoms with van der Waals surface area (Å²) in [5.41, 5.74) is 1.03. The van der Waals surface area contributed by atoms with E-state index in [0.29, 0.717) is 6.61 Å². The third-order valence-corrected chi connectivity index (χ3v) is 3.23. The van der Waals surface area contributed by atoms with E-state index in [1.165, 1.54) is 12.1 Å². The molecule has 0 saturated carbocycles. The van der Waals surface area contributed by atoms with Gasteiger partial charge in [0.15, 0.2) is 0 Å². The van der Waals surface area contributed by atoms with Crippen LogP contribution in [0.15, 0.2) is 36.7 Å². The number of nitrogens with one attached hydrogen (secondary N) is 1. The number of rotatable bonds is 6. The zero-order chi connectivity index (χ0) is 14.5. The number of imidazole rings is 1. The van der Waals surface area contributed by atoms with Crippen LogP contribution in [0.1, 0.15) is 25.5 Å². The quantitative estimate of drug-likeness (QED) is 0.882. The van der Waals surface area contributed by atoms with E-state index in [4.69, 9.17) is 4.74 Å². The summed E-state index contributed by atoms with van der Waals surface area (Å²) in [6.45, 7) is 4.70. The van der Waals surface area contributed by atoms with Gasteiger partial charge in [-0.3, -0.25) is 0 Å². The van der Waals surface area contributed by atoms with Crippen LogP contribution in [0, 0.1) is 5.82 Å². The summed E-state index contributed by atoms with van der Waals surface area (Å²) in [5, 5.41) is 3.31. The molecule has 1 heterocycles. The second-order valence-corrected chi connectivity index (χ2v) is 4.89. The summed E-state index contributed by atoms with van der Waals surface area (Å²) in [7, 11) is 1.67. The average molecular weight is 277 g/mol. The third-order valence-electron chi connectivity index (χ3n) is 3.23. The first-order valence-corrected chi connectivity index (χ1v) is 6.65. The number of halogens is 1. The van der Waals surface area contributed by atoms with E-state index in [1.54, 1.807) is 25.4 Å². The lowest BCUT2D eigenvalue weighted by Gasteiger charge is -2.20. The maximum atomic E-state index is 13.0. The van der Waals surface area contributed by atoms with Gasteiger partial charge in [0.05, 0.1) is 12.6 Å². The molecule has 0 aliphatic carbocycles. The Hall–Kier alpha value is -1.88. The molecule has 2 aromatic rings. The minimum atomic E-state index is -0.223. The molecular weight excluding hydrogens is 257 g/mol. The second-order valence-electron chi connectivity index (χ2n) is 4.89. The summed E-state index contributed by atoms with van der Waals surface area (Å²) in [4.78, 5) is 4.32. The van der Waals surface area contributed by atoms with Crippen molar-refractivity contribution in [3.05, 3.63) is 48.0 Å². The molecule has 0 aliphatic heterocycles. The maximum absolute atomic E-state index is 13.0. The molecule has 0 aliphatic rings.